The molecule has 1 unspecified atom stereocenters. The van der Waals surface area contributed by atoms with Crippen molar-refractivity contribution in [2.45, 2.75) is 46.6 Å². The van der Waals surface area contributed by atoms with Gasteiger partial charge in [-0.25, -0.2) is 0 Å². The van der Waals surface area contributed by atoms with Gasteiger partial charge in [0, 0.05) is 10.5 Å². The van der Waals surface area contributed by atoms with E-state index in [-0.39, 0.29) is 0 Å². The molecule has 0 heterocycles. The molecule has 0 saturated heterocycles. The van der Waals surface area contributed by atoms with Crippen LogP contribution in [0.3, 0.4) is 0 Å². The van der Waals surface area contributed by atoms with Gasteiger partial charge >= 0.3 is 0 Å². The second-order valence-corrected chi connectivity index (χ2v) is 7.07. The Morgan fingerprint density at radius 3 is 2.55 bits per heavy atom. The molecule has 0 radical (unpaired) electrons. The normalized spacial score (nSPS) is 12.9. The molecular formula is C17H28BrNO. The number of hydrogen-bond donors (Lipinski definition) is 1. The van der Waals surface area contributed by atoms with Gasteiger partial charge in [0.2, 0.25) is 0 Å². The Labute approximate surface area is 132 Å². The van der Waals surface area contributed by atoms with Crippen LogP contribution in [0.25, 0.3) is 0 Å². The molecule has 2 nitrogen and oxygen atoms in total. The van der Waals surface area contributed by atoms with Crippen LogP contribution in [0.2, 0.25) is 0 Å². The summed E-state index contributed by atoms with van der Waals surface area (Å²) in [6, 6.07) is 8.60. The minimum absolute atomic E-state index is 0.552. The number of ether oxygens (including phenoxy) is 1. The molecule has 0 aliphatic rings. The predicted molar refractivity (Wildman–Crippen MR) is 90.3 cm³/mol. The van der Waals surface area contributed by atoms with Crippen LogP contribution in [-0.4, -0.2) is 19.2 Å². The first-order valence-electron chi connectivity index (χ1n) is 7.59. The number of rotatable bonds is 9. The molecule has 0 aromatic heterocycles. The number of hydrogen-bond acceptors (Lipinski definition) is 2. The summed E-state index contributed by atoms with van der Waals surface area (Å²) in [4.78, 5) is 0. The maximum Gasteiger partial charge on any atom is 0.120 e. The topological polar surface area (TPSA) is 21.3 Å². The van der Waals surface area contributed by atoms with E-state index in [0.717, 1.165) is 35.7 Å². The van der Waals surface area contributed by atoms with Crippen molar-refractivity contribution in [2.75, 3.05) is 13.2 Å². The van der Waals surface area contributed by atoms with Crippen LogP contribution < -0.4 is 10.1 Å². The summed E-state index contributed by atoms with van der Waals surface area (Å²) >= 11 is 3.47. The number of nitrogens with one attached hydrogen (secondary N) is 1. The third-order valence-electron chi connectivity index (χ3n) is 3.21. The van der Waals surface area contributed by atoms with Crippen LogP contribution in [0.5, 0.6) is 5.75 Å². The zero-order chi connectivity index (χ0) is 15.0. The van der Waals surface area contributed by atoms with E-state index < -0.39 is 0 Å². The highest BCUT2D eigenvalue weighted by molar-refractivity contribution is 9.10. The standard InChI is InChI=1S/C17H28BrNO/c1-13(2)10-15(12-19-14(3)4)8-9-20-17-7-5-6-16(18)11-17/h5-7,11,13-15,19H,8-10,12H2,1-4H3. The fourth-order valence-corrected chi connectivity index (χ4v) is 2.65. The summed E-state index contributed by atoms with van der Waals surface area (Å²) in [6.07, 6.45) is 2.35. The Bertz CT molecular complexity index is 379. The monoisotopic (exact) mass is 341 g/mol. The summed E-state index contributed by atoms with van der Waals surface area (Å²) in [5.41, 5.74) is 0. The molecule has 20 heavy (non-hydrogen) atoms. The molecule has 1 rings (SSSR count). The molecule has 1 aromatic rings. The van der Waals surface area contributed by atoms with Gasteiger partial charge in [0.05, 0.1) is 6.61 Å². The summed E-state index contributed by atoms with van der Waals surface area (Å²) < 4.78 is 6.91. The lowest BCUT2D eigenvalue weighted by Crippen LogP contribution is -2.30. The molecule has 1 N–H and O–H groups in total. The first-order chi connectivity index (χ1) is 9.47. The van der Waals surface area contributed by atoms with E-state index in [0.29, 0.717) is 12.0 Å². The largest absolute Gasteiger partial charge is 0.494 e. The summed E-state index contributed by atoms with van der Waals surface area (Å²) in [5.74, 6) is 2.36. The van der Waals surface area contributed by atoms with E-state index in [1.54, 1.807) is 0 Å². The maximum atomic E-state index is 5.85. The lowest BCUT2D eigenvalue weighted by atomic mass is 9.94. The fourth-order valence-electron chi connectivity index (χ4n) is 2.27. The van der Waals surface area contributed by atoms with Crippen molar-refractivity contribution in [3.05, 3.63) is 28.7 Å². The van der Waals surface area contributed by atoms with Crippen molar-refractivity contribution in [1.82, 2.24) is 5.32 Å². The highest BCUT2D eigenvalue weighted by Gasteiger charge is 2.11. The van der Waals surface area contributed by atoms with Crippen LogP contribution >= 0.6 is 15.9 Å². The minimum Gasteiger partial charge on any atom is -0.494 e. The third kappa shape index (κ3) is 7.91. The van der Waals surface area contributed by atoms with Gasteiger partial charge in [-0.2, -0.15) is 0 Å². The molecule has 114 valence electrons. The van der Waals surface area contributed by atoms with Crippen LogP contribution in [0, 0.1) is 11.8 Å². The summed E-state index contributed by atoms with van der Waals surface area (Å²) in [7, 11) is 0. The Hall–Kier alpha value is -0.540. The van der Waals surface area contributed by atoms with E-state index in [4.69, 9.17) is 4.74 Å². The lowest BCUT2D eigenvalue weighted by molar-refractivity contribution is 0.254. The van der Waals surface area contributed by atoms with Crippen molar-refractivity contribution in [1.29, 1.82) is 0 Å². The molecule has 0 amide bonds. The molecule has 0 spiro atoms. The fraction of sp³-hybridized carbons (Fsp3) is 0.647. The molecular weight excluding hydrogens is 314 g/mol. The average Bonchev–Trinajstić information content (AvgIpc) is 2.35. The molecule has 1 atom stereocenters. The molecule has 3 heteroatoms. The van der Waals surface area contributed by atoms with Gasteiger partial charge in [0.15, 0.2) is 0 Å². The van der Waals surface area contributed by atoms with Gasteiger partial charge < -0.3 is 10.1 Å². The van der Waals surface area contributed by atoms with Crippen molar-refractivity contribution in [3.63, 3.8) is 0 Å². The zero-order valence-corrected chi connectivity index (χ0v) is 14.7. The third-order valence-corrected chi connectivity index (χ3v) is 3.70. The minimum atomic E-state index is 0.552. The number of halogens is 1. The van der Waals surface area contributed by atoms with Gasteiger partial charge in [-0.3, -0.25) is 0 Å². The zero-order valence-electron chi connectivity index (χ0n) is 13.2. The van der Waals surface area contributed by atoms with E-state index >= 15 is 0 Å². The lowest BCUT2D eigenvalue weighted by Gasteiger charge is -2.21. The van der Waals surface area contributed by atoms with Crippen molar-refractivity contribution < 1.29 is 4.74 Å². The molecule has 0 fully saturated rings. The molecule has 1 aromatic carbocycles. The second-order valence-electron chi connectivity index (χ2n) is 6.15. The number of benzene rings is 1. The quantitative estimate of drug-likeness (QED) is 0.691. The van der Waals surface area contributed by atoms with Crippen molar-refractivity contribution in [2.24, 2.45) is 11.8 Å². The van der Waals surface area contributed by atoms with E-state index in [1.165, 1.54) is 6.42 Å². The van der Waals surface area contributed by atoms with E-state index in [9.17, 15) is 0 Å². The first-order valence-corrected chi connectivity index (χ1v) is 8.38. The highest BCUT2D eigenvalue weighted by Crippen LogP contribution is 2.20. The first kappa shape index (κ1) is 17.5. The van der Waals surface area contributed by atoms with Crippen LogP contribution in [0.1, 0.15) is 40.5 Å². The molecule has 0 aliphatic heterocycles. The van der Waals surface area contributed by atoms with Gasteiger partial charge in [-0.15, -0.1) is 0 Å². The highest BCUT2D eigenvalue weighted by atomic mass is 79.9. The van der Waals surface area contributed by atoms with Crippen LogP contribution in [0.4, 0.5) is 0 Å². The van der Waals surface area contributed by atoms with Gasteiger partial charge in [-0.1, -0.05) is 49.7 Å². The average molecular weight is 342 g/mol. The van der Waals surface area contributed by atoms with Crippen LogP contribution in [0.15, 0.2) is 28.7 Å². The van der Waals surface area contributed by atoms with E-state index in [2.05, 4.69) is 48.9 Å². The Morgan fingerprint density at radius 1 is 1.20 bits per heavy atom. The smallest absolute Gasteiger partial charge is 0.120 e. The van der Waals surface area contributed by atoms with Gasteiger partial charge in [-0.05, 0) is 49.4 Å². The Morgan fingerprint density at radius 2 is 1.95 bits per heavy atom. The Balaban J connectivity index is 2.37. The van der Waals surface area contributed by atoms with Crippen molar-refractivity contribution in [3.8, 4) is 5.75 Å². The summed E-state index contributed by atoms with van der Waals surface area (Å²) in [6.45, 7) is 10.8. The van der Waals surface area contributed by atoms with Crippen molar-refractivity contribution >= 4 is 15.9 Å². The summed E-state index contributed by atoms with van der Waals surface area (Å²) in [5, 5.41) is 3.55. The molecule has 0 aliphatic carbocycles. The van der Waals surface area contributed by atoms with Gasteiger partial charge in [0.1, 0.15) is 5.75 Å². The maximum absolute atomic E-state index is 5.85. The second kappa shape index (κ2) is 9.41. The van der Waals surface area contributed by atoms with E-state index in [1.807, 2.05) is 24.3 Å². The molecule has 0 bridgehead atoms. The SMILES string of the molecule is CC(C)CC(CCOc1cccc(Br)c1)CNC(C)C. The predicted octanol–water partition coefficient (Wildman–Crippen LogP) is 4.88. The van der Waals surface area contributed by atoms with Crippen LogP contribution in [-0.2, 0) is 0 Å². The molecule has 0 saturated carbocycles. The van der Waals surface area contributed by atoms with Gasteiger partial charge in [0.25, 0.3) is 0 Å². The Kier molecular flexibility index (Phi) is 8.24.